The first-order valence-corrected chi connectivity index (χ1v) is 6.52. The Labute approximate surface area is 102 Å². The lowest BCUT2D eigenvalue weighted by molar-refractivity contribution is -0.143. The third-order valence-electron chi connectivity index (χ3n) is 4.44. The molecule has 1 aromatic rings. The number of hydrogen-bond acceptors (Lipinski definition) is 1. The number of rotatable bonds is 3. The molecule has 0 aromatic heterocycles. The predicted molar refractivity (Wildman–Crippen MR) is 66.0 cm³/mol. The molecule has 2 aliphatic carbocycles. The van der Waals surface area contributed by atoms with Crippen LogP contribution in [0.25, 0.3) is 0 Å². The number of hydrogen-bond donors (Lipinski definition) is 1. The maximum absolute atomic E-state index is 11.3. The lowest BCUT2D eigenvalue weighted by atomic mass is 9.77. The molecule has 1 unspecified atom stereocenters. The minimum Gasteiger partial charge on any atom is -0.481 e. The van der Waals surface area contributed by atoms with Gasteiger partial charge in [0.2, 0.25) is 0 Å². The topological polar surface area (TPSA) is 37.3 Å². The second-order valence-corrected chi connectivity index (χ2v) is 5.58. The average Bonchev–Trinajstić information content (AvgIpc) is 3.11. The molecule has 2 heteroatoms. The van der Waals surface area contributed by atoms with E-state index in [0.29, 0.717) is 5.92 Å². The molecule has 1 saturated carbocycles. The van der Waals surface area contributed by atoms with Crippen LogP contribution in [0.3, 0.4) is 0 Å². The zero-order valence-corrected chi connectivity index (χ0v) is 9.98. The molecule has 1 fully saturated rings. The summed E-state index contributed by atoms with van der Waals surface area (Å²) in [7, 11) is 0. The van der Waals surface area contributed by atoms with Crippen LogP contribution in [0, 0.1) is 5.41 Å². The number of aryl methyl sites for hydroxylation is 1. The van der Waals surface area contributed by atoms with Gasteiger partial charge in [-0.05, 0) is 55.6 Å². The summed E-state index contributed by atoms with van der Waals surface area (Å²) in [6.45, 7) is 0. The molecule has 1 aromatic carbocycles. The summed E-state index contributed by atoms with van der Waals surface area (Å²) in [6, 6.07) is 8.56. The third-order valence-corrected chi connectivity index (χ3v) is 4.44. The molecule has 3 rings (SSSR count). The average molecular weight is 230 g/mol. The monoisotopic (exact) mass is 230 g/mol. The molecule has 0 heterocycles. The molecular weight excluding hydrogens is 212 g/mol. The van der Waals surface area contributed by atoms with Crippen molar-refractivity contribution < 1.29 is 9.90 Å². The van der Waals surface area contributed by atoms with Crippen LogP contribution in [-0.4, -0.2) is 11.1 Å². The van der Waals surface area contributed by atoms with Crippen molar-refractivity contribution in [1.82, 2.24) is 0 Å². The van der Waals surface area contributed by atoms with Gasteiger partial charge in [-0.15, -0.1) is 0 Å². The van der Waals surface area contributed by atoms with E-state index in [1.54, 1.807) is 0 Å². The van der Waals surface area contributed by atoms with Crippen molar-refractivity contribution in [3.63, 3.8) is 0 Å². The number of carboxylic acids is 1. The molecule has 1 atom stereocenters. The van der Waals surface area contributed by atoms with Crippen molar-refractivity contribution in [2.45, 2.75) is 44.4 Å². The Kier molecular flexibility index (Phi) is 2.46. The lowest BCUT2D eigenvalue weighted by Crippen LogP contribution is -2.20. The molecular formula is C15H18O2. The van der Waals surface area contributed by atoms with Gasteiger partial charge in [-0.25, -0.2) is 0 Å². The summed E-state index contributed by atoms with van der Waals surface area (Å²) in [6.07, 6.45) is 6.12. The first-order valence-electron chi connectivity index (χ1n) is 6.52. The fraction of sp³-hybridized carbons (Fsp3) is 0.533. The maximum Gasteiger partial charge on any atom is 0.309 e. The van der Waals surface area contributed by atoms with Crippen LogP contribution in [-0.2, 0) is 11.2 Å². The van der Waals surface area contributed by atoms with E-state index in [-0.39, 0.29) is 5.41 Å². The fourth-order valence-electron chi connectivity index (χ4n) is 3.19. The van der Waals surface area contributed by atoms with Gasteiger partial charge < -0.3 is 5.11 Å². The molecule has 1 N–H and O–H groups in total. The normalized spacial score (nSPS) is 25.1. The Hall–Kier alpha value is -1.31. The summed E-state index contributed by atoms with van der Waals surface area (Å²) in [5, 5.41) is 9.28. The second kappa shape index (κ2) is 3.86. The minimum atomic E-state index is -0.583. The van der Waals surface area contributed by atoms with E-state index in [2.05, 4.69) is 24.3 Å². The first-order chi connectivity index (χ1) is 8.21. The van der Waals surface area contributed by atoms with Gasteiger partial charge >= 0.3 is 5.97 Å². The zero-order valence-electron chi connectivity index (χ0n) is 9.98. The van der Waals surface area contributed by atoms with E-state index in [0.717, 1.165) is 32.1 Å². The van der Waals surface area contributed by atoms with Crippen molar-refractivity contribution in [1.29, 1.82) is 0 Å². The molecule has 0 saturated heterocycles. The van der Waals surface area contributed by atoms with Crippen molar-refractivity contribution in [3.05, 3.63) is 35.4 Å². The number of aliphatic carboxylic acids is 1. The summed E-state index contributed by atoms with van der Waals surface area (Å²) in [5.74, 6) is -0.112. The number of carbonyl (C=O) groups is 1. The highest BCUT2D eigenvalue weighted by Gasteiger charge is 2.51. The zero-order chi connectivity index (χ0) is 11.9. The van der Waals surface area contributed by atoms with E-state index in [1.165, 1.54) is 17.5 Å². The van der Waals surface area contributed by atoms with E-state index in [9.17, 15) is 9.90 Å². The second-order valence-electron chi connectivity index (χ2n) is 5.58. The molecule has 0 amide bonds. The summed E-state index contributed by atoms with van der Waals surface area (Å²) in [4.78, 5) is 11.3. The summed E-state index contributed by atoms with van der Waals surface area (Å²) >= 11 is 0. The molecule has 17 heavy (non-hydrogen) atoms. The van der Waals surface area contributed by atoms with Crippen LogP contribution in [0.15, 0.2) is 24.3 Å². The Bertz CT molecular complexity index is 446. The highest BCUT2D eigenvalue weighted by molar-refractivity contribution is 5.77. The third kappa shape index (κ3) is 1.86. The Balaban J connectivity index is 1.84. The smallest absolute Gasteiger partial charge is 0.309 e. The van der Waals surface area contributed by atoms with Crippen molar-refractivity contribution in [2.75, 3.05) is 0 Å². The Morgan fingerprint density at radius 3 is 2.82 bits per heavy atom. The largest absolute Gasteiger partial charge is 0.481 e. The highest BCUT2D eigenvalue weighted by Crippen LogP contribution is 2.54. The van der Waals surface area contributed by atoms with Crippen LogP contribution in [0.1, 0.15) is 49.1 Å². The Morgan fingerprint density at radius 1 is 1.35 bits per heavy atom. The molecule has 2 nitrogen and oxygen atoms in total. The lowest BCUT2D eigenvalue weighted by Gasteiger charge is -2.27. The van der Waals surface area contributed by atoms with Crippen LogP contribution < -0.4 is 0 Å². The van der Waals surface area contributed by atoms with Crippen molar-refractivity contribution >= 4 is 5.97 Å². The first kappa shape index (κ1) is 10.8. The number of benzene rings is 1. The van der Waals surface area contributed by atoms with Gasteiger partial charge in [0.15, 0.2) is 0 Å². The van der Waals surface area contributed by atoms with Gasteiger partial charge in [0.05, 0.1) is 5.41 Å². The minimum absolute atomic E-state index is 0.380. The van der Waals surface area contributed by atoms with E-state index in [1.807, 2.05) is 0 Å². The molecule has 0 bridgehead atoms. The molecule has 0 radical (unpaired) electrons. The van der Waals surface area contributed by atoms with Gasteiger partial charge in [-0.3, -0.25) is 4.79 Å². The van der Waals surface area contributed by atoms with Gasteiger partial charge in [-0.1, -0.05) is 24.3 Å². The number of fused-ring (bicyclic) bond motifs is 1. The van der Waals surface area contributed by atoms with Gasteiger partial charge in [0, 0.05) is 0 Å². The van der Waals surface area contributed by atoms with Crippen molar-refractivity contribution in [3.8, 4) is 0 Å². The van der Waals surface area contributed by atoms with Gasteiger partial charge in [-0.2, -0.15) is 0 Å². The highest BCUT2D eigenvalue weighted by atomic mass is 16.4. The SMILES string of the molecule is O=C(O)C1(CC2CCCc3ccccc32)CC1. The summed E-state index contributed by atoms with van der Waals surface area (Å²) in [5.41, 5.74) is 2.46. The molecule has 2 aliphatic rings. The standard InChI is InChI=1S/C15H18O2/c16-14(17)15(8-9-15)10-12-6-3-5-11-4-1-2-7-13(11)12/h1-2,4,7,12H,3,5-6,8-10H2,(H,16,17). The summed E-state index contributed by atoms with van der Waals surface area (Å²) < 4.78 is 0. The van der Waals surface area contributed by atoms with Gasteiger partial charge in [0.25, 0.3) is 0 Å². The van der Waals surface area contributed by atoms with Crippen LogP contribution in [0.4, 0.5) is 0 Å². The van der Waals surface area contributed by atoms with Gasteiger partial charge in [0.1, 0.15) is 0 Å². The number of carboxylic acid groups (broad SMARTS) is 1. The maximum atomic E-state index is 11.3. The predicted octanol–water partition coefficient (Wildman–Crippen LogP) is 3.36. The van der Waals surface area contributed by atoms with E-state index in [4.69, 9.17) is 0 Å². The molecule has 0 spiro atoms. The fourth-order valence-corrected chi connectivity index (χ4v) is 3.19. The van der Waals surface area contributed by atoms with E-state index >= 15 is 0 Å². The Morgan fingerprint density at radius 2 is 2.12 bits per heavy atom. The quantitative estimate of drug-likeness (QED) is 0.864. The van der Waals surface area contributed by atoms with Crippen LogP contribution in [0.2, 0.25) is 0 Å². The van der Waals surface area contributed by atoms with E-state index < -0.39 is 5.97 Å². The van der Waals surface area contributed by atoms with Crippen LogP contribution >= 0.6 is 0 Å². The van der Waals surface area contributed by atoms with Crippen molar-refractivity contribution in [2.24, 2.45) is 5.41 Å². The molecule has 90 valence electrons. The molecule has 0 aliphatic heterocycles. The van der Waals surface area contributed by atoms with Crippen LogP contribution in [0.5, 0.6) is 0 Å².